The monoisotopic (exact) mass is 276 g/mol. The molecular weight excluding hydrogens is 252 g/mol. The van der Waals surface area contributed by atoms with Gasteiger partial charge < -0.3 is 15.4 Å². The summed E-state index contributed by atoms with van der Waals surface area (Å²) in [6, 6.07) is 6.68. The zero-order valence-corrected chi connectivity index (χ0v) is 12.1. The van der Waals surface area contributed by atoms with Gasteiger partial charge in [-0.3, -0.25) is 4.90 Å². The summed E-state index contributed by atoms with van der Waals surface area (Å²) >= 11 is 0. The zero-order valence-electron chi connectivity index (χ0n) is 12.1. The Labute approximate surface area is 120 Å². The Morgan fingerprint density at radius 3 is 3.05 bits per heavy atom. The molecule has 2 saturated heterocycles. The second-order valence-electron chi connectivity index (χ2n) is 5.57. The van der Waals surface area contributed by atoms with Crippen LogP contribution in [0.4, 0.5) is 11.6 Å². The maximum atomic E-state index is 5.94. The number of morpholine rings is 1. The third kappa shape index (κ3) is 3.22. The van der Waals surface area contributed by atoms with Crippen LogP contribution in [0, 0.1) is 0 Å². The molecule has 0 spiro atoms. The summed E-state index contributed by atoms with van der Waals surface area (Å²) in [6.45, 7) is 6.95. The second-order valence-corrected chi connectivity index (χ2v) is 5.57. The van der Waals surface area contributed by atoms with Crippen molar-refractivity contribution in [2.45, 2.75) is 31.9 Å². The van der Waals surface area contributed by atoms with Gasteiger partial charge in [-0.05, 0) is 38.4 Å². The first-order chi connectivity index (χ1) is 9.85. The first-order valence-electron chi connectivity index (χ1n) is 7.65. The average Bonchev–Trinajstić information content (AvgIpc) is 2.93. The van der Waals surface area contributed by atoms with Crippen molar-refractivity contribution >= 4 is 11.6 Å². The number of rotatable bonds is 5. The molecule has 2 fully saturated rings. The van der Waals surface area contributed by atoms with E-state index in [-0.39, 0.29) is 6.10 Å². The van der Waals surface area contributed by atoms with E-state index in [1.54, 1.807) is 0 Å². The predicted octanol–water partition coefficient (Wildman–Crippen LogP) is 1.79. The molecule has 2 N–H and O–H groups in total. The highest BCUT2D eigenvalue weighted by atomic mass is 16.5. The van der Waals surface area contributed by atoms with Crippen LogP contribution in [0.1, 0.15) is 19.8 Å². The van der Waals surface area contributed by atoms with Crippen LogP contribution in [0.15, 0.2) is 18.2 Å². The van der Waals surface area contributed by atoms with Gasteiger partial charge in [0.15, 0.2) is 0 Å². The van der Waals surface area contributed by atoms with Crippen molar-refractivity contribution in [3.63, 3.8) is 0 Å². The molecular formula is C15H24N4O. The van der Waals surface area contributed by atoms with Crippen molar-refractivity contribution in [2.24, 2.45) is 0 Å². The number of hydrogen-bond acceptors (Lipinski definition) is 5. The fourth-order valence-electron chi connectivity index (χ4n) is 3.04. The average molecular weight is 276 g/mol. The van der Waals surface area contributed by atoms with E-state index in [4.69, 9.17) is 4.74 Å². The Hall–Kier alpha value is -1.33. The Kier molecular flexibility index (Phi) is 4.38. The van der Waals surface area contributed by atoms with E-state index in [9.17, 15) is 0 Å². The summed E-state index contributed by atoms with van der Waals surface area (Å²) in [6.07, 6.45) is 2.89. The van der Waals surface area contributed by atoms with Crippen LogP contribution in [0.2, 0.25) is 0 Å². The SMILES string of the molecule is CCNc1cccc(NCC2CN3CCCC3CO2)n1. The van der Waals surface area contributed by atoms with Crippen LogP contribution in [0.3, 0.4) is 0 Å². The summed E-state index contributed by atoms with van der Waals surface area (Å²) in [4.78, 5) is 7.09. The topological polar surface area (TPSA) is 49.4 Å². The molecule has 5 heteroatoms. The van der Waals surface area contributed by atoms with Crippen molar-refractivity contribution in [2.75, 3.05) is 43.4 Å². The molecule has 3 rings (SSSR count). The molecule has 0 amide bonds. The van der Waals surface area contributed by atoms with Gasteiger partial charge in [-0.2, -0.15) is 0 Å². The van der Waals surface area contributed by atoms with Gasteiger partial charge in [0.2, 0.25) is 0 Å². The van der Waals surface area contributed by atoms with Crippen LogP contribution in [-0.2, 0) is 4.74 Å². The predicted molar refractivity (Wildman–Crippen MR) is 81.2 cm³/mol. The molecule has 0 aromatic carbocycles. The zero-order chi connectivity index (χ0) is 13.8. The van der Waals surface area contributed by atoms with Crippen molar-refractivity contribution in [1.29, 1.82) is 0 Å². The van der Waals surface area contributed by atoms with E-state index in [2.05, 4.69) is 27.4 Å². The second kappa shape index (κ2) is 6.41. The number of ether oxygens (including phenoxy) is 1. The quantitative estimate of drug-likeness (QED) is 0.858. The van der Waals surface area contributed by atoms with Crippen molar-refractivity contribution in [3.05, 3.63) is 18.2 Å². The lowest BCUT2D eigenvalue weighted by atomic mass is 10.2. The molecule has 0 saturated carbocycles. The third-order valence-corrected chi connectivity index (χ3v) is 4.08. The number of nitrogens with one attached hydrogen (secondary N) is 2. The maximum absolute atomic E-state index is 5.94. The molecule has 3 heterocycles. The molecule has 2 unspecified atom stereocenters. The molecule has 110 valence electrons. The molecule has 5 nitrogen and oxygen atoms in total. The van der Waals surface area contributed by atoms with Crippen LogP contribution >= 0.6 is 0 Å². The molecule has 2 atom stereocenters. The molecule has 0 radical (unpaired) electrons. The van der Waals surface area contributed by atoms with Gasteiger partial charge in [0, 0.05) is 25.7 Å². The summed E-state index contributed by atoms with van der Waals surface area (Å²) in [5.74, 6) is 1.83. The molecule has 1 aromatic rings. The van der Waals surface area contributed by atoms with E-state index >= 15 is 0 Å². The molecule has 2 aliphatic rings. The van der Waals surface area contributed by atoms with Gasteiger partial charge in [-0.15, -0.1) is 0 Å². The third-order valence-electron chi connectivity index (χ3n) is 4.08. The van der Waals surface area contributed by atoms with E-state index in [1.165, 1.54) is 19.4 Å². The number of anilines is 2. The number of aromatic nitrogens is 1. The highest BCUT2D eigenvalue weighted by molar-refractivity contribution is 5.45. The van der Waals surface area contributed by atoms with Gasteiger partial charge >= 0.3 is 0 Å². The summed E-state index contributed by atoms with van der Waals surface area (Å²) in [5, 5.41) is 6.62. The minimum atomic E-state index is 0.272. The van der Waals surface area contributed by atoms with Gasteiger partial charge in [0.25, 0.3) is 0 Å². The smallest absolute Gasteiger partial charge is 0.128 e. The number of hydrogen-bond donors (Lipinski definition) is 2. The molecule has 0 bridgehead atoms. The van der Waals surface area contributed by atoms with Crippen LogP contribution in [0.5, 0.6) is 0 Å². The van der Waals surface area contributed by atoms with Crippen molar-refractivity contribution < 1.29 is 4.74 Å². The molecule has 20 heavy (non-hydrogen) atoms. The Balaban J connectivity index is 1.50. The van der Waals surface area contributed by atoms with E-state index in [0.29, 0.717) is 6.04 Å². The summed E-state index contributed by atoms with van der Waals surface area (Å²) < 4.78 is 5.94. The molecule has 2 aliphatic heterocycles. The lowest BCUT2D eigenvalue weighted by Gasteiger charge is -2.35. The van der Waals surface area contributed by atoms with E-state index in [1.807, 2.05) is 18.2 Å². The maximum Gasteiger partial charge on any atom is 0.128 e. The highest BCUT2D eigenvalue weighted by Gasteiger charge is 2.31. The van der Waals surface area contributed by atoms with Gasteiger partial charge in [0.05, 0.1) is 12.7 Å². The molecule has 1 aromatic heterocycles. The lowest BCUT2D eigenvalue weighted by Crippen LogP contribution is -2.48. The van der Waals surface area contributed by atoms with Crippen LogP contribution in [-0.4, -0.2) is 54.8 Å². The minimum absolute atomic E-state index is 0.272. The van der Waals surface area contributed by atoms with Crippen molar-refractivity contribution in [3.8, 4) is 0 Å². The minimum Gasteiger partial charge on any atom is -0.373 e. The fraction of sp³-hybridized carbons (Fsp3) is 0.667. The van der Waals surface area contributed by atoms with E-state index in [0.717, 1.165) is 37.9 Å². The molecule has 0 aliphatic carbocycles. The van der Waals surface area contributed by atoms with E-state index < -0.39 is 0 Å². The van der Waals surface area contributed by atoms with Crippen LogP contribution in [0.25, 0.3) is 0 Å². The Bertz CT molecular complexity index is 440. The summed E-state index contributed by atoms with van der Waals surface area (Å²) in [7, 11) is 0. The number of pyridine rings is 1. The van der Waals surface area contributed by atoms with Crippen molar-refractivity contribution in [1.82, 2.24) is 9.88 Å². The highest BCUT2D eigenvalue weighted by Crippen LogP contribution is 2.22. The van der Waals surface area contributed by atoms with Crippen LogP contribution < -0.4 is 10.6 Å². The first-order valence-corrected chi connectivity index (χ1v) is 7.65. The lowest BCUT2D eigenvalue weighted by molar-refractivity contribution is -0.0416. The first kappa shape index (κ1) is 13.6. The largest absolute Gasteiger partial charge is 0.373 e. The Morgan fingerprint density at radius 2 is 2.20 bits per heavy atom. The Morgan fingerprint density at radius 1 is 1.35 bits per heavy atom. The number of nitrogens with zero attached hydrogens (tertiary/aromatic N) is 2. The number of fused-ring (bicyclic) bond motifs is 1. The standard InChI is InChI=1S/C15H24N4O/c1-2-16-14-6-3-7-15(18-14)17-9-13-10-19-8-4-5-12(19)11-20-13/h3,6-7,12-13H,2,4-5,8-11H2,1H3,(H2,16,17,18). The van der Waals surface area contributed by atoms with Gasteiger partial charge in [0.1, 0.15) is 11.6 Å². The van der Waals surface area contributed by atoms with Gasteiger partial charge in [-0.25, -0.2) is 4.98 Å². The summed E-state index contributed by atoms with van der Waals surface area (Å²) in [5.41, 5.74) is 0. The van der Waals surface area contributed by atoms with Gasteiger partial charge in [-0.1, -0.05) is 6.07 Å². The fourth-order valence-corrected chi connectivity index (χ4v) is 3.04. The normalized spacial score (nSPS) is 26.2.